The number of nitrogens with one attached hydrogen (secondary N) is 1. The van der Waals surface area contributed by atoms with E-state index in [2.05, 4.69) is 10.4 Å². The summed E-state index contributed by atoms with van der Waals surface area (Å²) in [7, 11) is -3.68. The van der Waals surface area contributed by atoms with Crippen molar-refractivity contribution >= 4 is 33.4 Å². The summed E-state index contributed by atoms with van der Waals surface area (Å²) in [5, 5.41) is 15.9. The molecule has 208 valence electrons. The summed E-state index contributed by atoms with van der Waals surface area (Å²) >= 11 is 0. The van der Waals surface area contributed by atoms with Crippen LogP contribution in [0.5, 0.6) is 5.75 Å². The average Bonchev–Trinajstić information content (AvgIpc) is 3.47. The minimum Gasteiger partial charge on any atom is -0.493 e. The van der Waals surface area contributed by atoms with Crippen molar-refractivity contribution in [2.24, 2.45) is 5.73 Å². The molecule has 0 bridgehead atoms. The molecule has 1 atom stereocenters. The first-order valence-corrected chi connectivity index (χ1v) is 14.2. The molecule has 0 radical (unpaired) electrons. The van der Waals surface area contributed by atoms with Crippen LogP contribution in [0.1, 0.15) is 73.5 Å². The molecule has 1 aromatic carbocycles. The predicted molar refractivity (Wildman–Crippen MR) is 140 cm³/mol. The smallest absolute Gasteiger partial charge is 0.407 e. The molecule has 1 aromatic heterocycles. The number of nitrogens with zero attached hydrogens (tertiary/aromatic N) is 3. The van der Waals surface area contributed by atoms with Crippen molar-refractivity contribution in [3.8, 4) is 5.75 Å². The lowest BCUT2D eigenvalue weighted by Crippen LogP contribution is -2.38. The van der Waals surface area contributed by atoms with Crippen molar-refractivity contribution in [3.05, 3.63) is 35.2 Å². The van der Waals surface area contributed by atoms with Gasteiger partial charge >= 0.3 is 6.09 Å². The fourth-order valence-corrected chi connectivity index (χ4v) is 5.49. The van der Waals surface area contributed by atoms with Crippen LogP contribution in [-0.2, 0) is 22.8 Å². The van der Waals surface area contributed by atoms with E-state index >= 15 is 0 Å². The Kier molecular flexibility index (Phi) is 9.02. The standard InChI is InChI=1S/C25H35N5O7S/c1-5-12-37-20-10-9-17(38(35,36)15(3)4)13-18(20)24(32)27-21-19(6-2)28-30(22(21)23(26)31)14-16-8-7-11-29(16)25(33)34/h9-10,13,15-16H,5-8,11-12,14H2,1-4H3,(H2,26,31)(H,27,32)(H,33,34)/t16-/m0/s1. The summed E-state index contributed by atoms with van der Waals surface area (Å²) < 4.78 is 32.6. The zero-order chi connectivity index (χ0) is 28.2. The number of anilines is 1. The topological polar surface area (TPSA) is 174 Å². The lowest BCUT2D eigenvalue weighted by molar-refractivity contribution is 0.0988. The highest BCUT2D eigenvalue weighted by Gasteiger charge is 2.32. The summed E-state index contributed by atoms with van der Waals surface area (Å²) in [6.07, 6.45) is 1.24. The molecule has 38 heavy (non-hydrogen) atoms. The Bertz CT molecular complexity index is 1320. The minimum absolute atomic E-state index is 0.0155. The van der Waals surface area contributed by atoms with E-state index in [1.165, 1.54) is 27.8 Å². The number of amides is 3. The molecule has 0 saturated carbocycles. The lowest BCUT2D eigenvalue weighted by Gasteiger charge is -2.22. The molecule has 1 fully saturated rings. The van der Waals surface area contributed by atoms with Gasteiger partial charge in [0.2, 0.25) is 0 Å². The predicted octanol–water partition coefficient (Wildman–Crippen LogP) is 2.91. The fourth-order valence-electron chi connectivity index (χ4n) is 4.40. The van der Waals surface area contributed by atoms with Crippen molar-refractivity contribution in [1.82, 2.24) is 14.7 Å². The number of aryl methyl sites for hydroxylation is 1. The zero-order valence-corrected chi connectivity index (χ0v) is 22.9. The maximum atomic E-state index is 13.5. The number of likely N-dealkylation sites (tertiary alicyclic amines) is 1. The highest BCUT2D eigenvalue weighted by atomic mass is 32.2. The van der Waals surface area contributed by atoms with E-state index in [-0.39, 0.29) is 34.1 Å². The van der Waals surface area contributed by atoms with Crippen LogP contribution in [0.25, 0.3) is 0 Å². The normalized spacial score (nSPS) is 15.6. The van der Waals surface area contributed by atoms with Gasteiger partial charge in [0.05, 0.1) is 46.3 Å². The molecule has 1 aliphatic heterocycles. The van der Waals surface area contributed by atoms with E-state index in [1.54, 1.807) is 20.8 Å². The van der Waals surface area contributed by atoms with Gasteiger partial charge in [-0.3, -0.25) is 14.3 Å². The third-order valence-corrected chi connectivity index (χ3v) is 8.60. The number of rotatable bonds is 11. The van der Waals surface area contributed by atoms with Crippen molar-refractivity contribution in [1.29, 1.82) is 0 Å². The van der Waals surface area contributed by atoms with E-state index in [0.717, 1.165) is 0 Å². The average molecular weight is 550 g/mol. The van der Waals surface area contributed by atoms with E-state index in [0.29, 0.717) is 44.5 Å². The summed E-state index contributed by atoms with van der Waals surface area (Å²) in [5.74, 6) is -1.34. The van der Waals surface area contributed by atoms with Crippen LogP contribution in [0.4, 0.5) is 10.5 Å². The van der Waals surface area contributed by atoms with Crippen LogP contribution in [0.15, 0.2) is 23.1 Å². The van der Waals surface area contributed by atoms with Gasteiger partial charge in [0.25, 0.3) is 11.8 Å². The van der Waals surface area contributed by atoms with Crippen molar-refractivity contribution in [3.63, 3.8) is 0 Å². The Hall–Kier alpha value is -3.61. The van der Waals surface area contributed by atoms with Gasteiger partial charge in [0.1, 0.15) is 11.4 Å². The first kappa shape index (κ1) is 29.0. The van der Waals surface area contributed by atoms with Crippen molar-refractivity contribution in [2.75, 3.05) is 18.5 Å². The summed E-state index contributed by atoms with van der Waals surface area (Å²) in [5.41, 5.74) is 6.10. The molecular weight excluding hydrogens is 514 g/mol. The number of carboxylic acid groups (broad SMARTS) is 1. The number of carbonyl (C=O) groups excluding carboxylic acids is 2. The monoisotopic (exact) mass is 549 g/mol. The molecule has 0 unspecified atom stereocenters. The number of primary amides is 1. The number of ether oxygens (including phenoxy) is 1. The number of hydrogen-bond donors (Lipinski definition) is 3. The number of aromatic nitrogens is 2. The molecular formula is C25H35N5O7S. The third-order valence-electron chi connectivity index (χ3n) is 6.44. The van der Waals surface area contributed by atoms with Crippen LogP contribution in [0.2, 0.25) is 0 Å². The minimum atomic E-state index is -3.68. The Morgan fingerprint density at radius 2 is 1.97 bits per heavy atom. The number of benzene rings is 1. The molecule has 2 heterocycles. The van der Waals surface area contributed by atoms with E-state index < -0.39 is 39.0 Å². The van der Waals surface area contributed by atoms with Crippen LogP contribution < -0.4 is 15.8 Å². The summed E-state index contributed by atoms with van der Waals surface area (Å²) in [6, 6.07) is 3.71. The summed E-state index contributed by atoms with van der Waals surface area (Å²) in [6.45, 7) is 7.57. The first-order chi connectivity index (χ1) is 17.9. The van der Waals surface area contributed by atoms with Gasteiger partial charge in [-0.15, -0.1) is 0 Å². The maximum Gasteiger partial charge on any atom is 0.407 e. The second-order valence-corrected chi connectivity index (χ2v) is 11.9. The van der Waals surface area contributed by atoms with Gasteiger partial charge < -0.3 is 25.8 Å². The summed E-state index contributed by atoms with van der Waals surface area (Å²) in [4.78, 5) is 38.9. The molecule has 1 saturated heterocycles. The molecule has 13 heteroatoms. The van der Waals surface area contributed by atoms with Gasteiger partial charge in [0.15, 0.2) is 9.84 Å². The van der Waals surface area contributed by atoms with Gasteiger partial charge in [-0.2, -0.15) is 5.10 Å². The number of hydrogen-bond acceptors (Lipinski definition) is 7. The molecule has 0 spiro atoms. The van der Waals surface area contributed by atoms with Gasteiger partial charge in [-0.25, -0.2) is 13.2 Å². The molecule has 4 N–H and O–H groups in total. The van der Waals surface area contributed by atoms with E-state index in [1.807, 2.05) is 6.92 Å². The van der Waals surface area contributed by atoms with Crippen LogP contribution in [0.3, 0.4) is 0 Å². The second-order valence-electron chi connectivity index (χ2n) is 9.40. The Morgan fingerprint density at radius 1 is 1.26 bits per heavy atom. The van der Waals surface area contributed by atoms with Gasteiger partial charge in [-0.05, 0) is 57.7 Å². The number of carbonyl (C=O) groups is 3. The SMILES string of the molecule is CCCOc1ccc(S(=O)(=O)C(C)C)cc1C(=O)Nc1c(CC)nn(C[C@@H]2CCCN2C(=O)O)c1C(N)=O. The van der Waals surface area contributed by atoms with Crippen molar-refractivity contribution < 1.29 is 32.6 Å². The first-order valence-electron chi connectivity index (χ1n) is 12.6. The second kappa shape index (κ2) is 11.8. The Labute approximate surface area is 222 Å². The largest absolute Gasteiger partial charge is 0.493 e. The molecule has 3 rings (SSSR count). The molecule has 0 aliphatic carbocycles. The third kappa shape index (κ3) is 5.93. The van der Waals surface area contributed by atoms with Gasteiger partial charge in [0, 0.05) is 6.54 Å². The van der Waals surface area contributed by atoms with Crippen LogP contribution in [-0.4, -0.2) is 70.6 Å². The fraction of sp³-hybridized carbons (Fsp3) is 0.520. The Balaban J connectivity index is 2.04. The molecule has 2 aromatic rings. The maximum absolute atomic E-state index is 13.5. The van der Waals surface area contributed by atoms with Crippen LogP contribution in [0, 0.1) is 0 Å². The van der Waals surface area contributed by atoms with E-state index in [4.69, 9.17) is 10.5 Å². The number of nitrogens with two attached hydrogens (primary N) is 1. The van der Waals surface area contributed by atoms with Crippen LogP contribution >= 0.6 is 0 Å². The zero-order valence-electron chi connectivity index (χ0n) is 22.1. The highest BCUT2D eigenvalue weighted by molar-refractivity contribution is 7.92. The molecule has 3 amide bonds. The van der Waals surface area contributed by atoms with Crippen molar-refractivity contribution in [2.45, 2.75) is 76.1 Å². The lowest BCUT2D eigenvalue weighted by atomic mass is 10.1. The molecule has 12 nitrogen and oxygen atoms in total. The molecule has 1 aliphatic rings. The number of sulfone groups is 1. The Morgan fingerprint density at radius 3 is 2.55 bits per heavy atom. The van der Waals surface area contributed by atoms with E-state index in [9.17, 15) is 27.9 Å². The van der Waals surface area contributed by atoms with Gasteiger partial charge in [-0.1, -0.05) is 13.8 Å². The highest BCUT2D eigenvalue weighted by Crippen LogP contribution is 2.29. The quantitative estimate of drug-likeness (QED) is 0.383.